The maximum absolute atomic E-state index is 10.8. The summed E-state index contributed by atoms with van der Waals surface area (Å²) in [4.78, 5) is 29.3. The molecule has 0 unspecified atom stereocenters. The molecule has 2 saturated heterocycles. The molecule has 2 N–H and O–H groups in total. The molecule has 35 heavy (non-hydrogen) atoms. The lowest BCUT2D eigenvalue weighted by Gasteiger charge is -2.30. The number of nitrogens with one attached hydrogen (secondary N) is 1. The molecule has 0 saturated carbocycles. The Bertz CT molecular complexity index is 1020. The first-order chi connectivity index (χ1) is 17.0. The molecule has 188 valence electrons. The number of carbonyl (C=O) groups is 1. The summed E-state index contributed by atoms with van der Waals surface area (Å²) in [5, 5.41) is 13.2. The van der Waals surface area contributed by atoms with Crippen molar-refractivity contribution in [3.63, 3.8) is 0 Å². The second-order valence-corrected chi connectivity index (χ2v) is 9.30. The minimum Gasteiger partial charge on any atom is -0.493 e. The van der Waals surface area contributed by atoms with Gasteiger partial charge in [0.25, 0.3) is 0 Å². The molecule has 4 rings (SSSR count). The Morgan fingerprint density at radius 2 is 1.66 bits per heavy atom. The van der Waals surface area contributed by atoms with Crippen LogP contribution in [0.1, 0.15) is 44.1 Å². The number of aromatic nitrogens is 3. The second-order valence-electron chi connectivity index (χ2n) is 8.44. The molecule has 0 amide bonds. The average Bonchev–Trinajstić information content (AvgIpc) is 2.88. The van der Waals surface area contributed by atoms with E-state index in [1.807, 2.05) is 0 Å². The van der Waals surface area contributed by atoms with Crippen LogP contribution in [0.2, 0.25) is 0 Å². The third-order valence-corrected chi connectivity index (χ3v) is 6.45. The zero-order valence-corrected chi connectivity index (χ0v) is 21.3. The van der Waals surface area contributed by atoms with Crippen LogP contribution in [0, 0.1) is 0 Å². The fourth-order valence-corrected chi connectivity index (χ4v) is 4.70. The molecule has 0 spiro atoms. The zero-order valence-electron chi connectivity index (χ0n) is 19.7. The van der Waals surface area contributed by atoms with Gasteiger partial charge < -0.3 is 24.4 Å². The largest absolute Gasteiger partial charge is 0.493 e. The van der Waals surface area contributed by atoms with Crippen LogP contribution in [0.4, 0.5) is 17.8 Å². The van der Waals surface area contributed by atoms with Crippen molar-refractivity contribution in [1.82, 2.24) is 15.0 Å². The van der Waals surface area contributed by atoms with E-state index in [1.165, 1.54) is 20.0 Å². The molecule has 2 aromatic rings. The average molecular weight is 548 g/mol. The van der Waals surface area contributed by atoms with Gasteiger partial charge in [-0.1, -0.05) is 0 Å². The predicted octanol–water partition coefficient (Wildman–Crippen LogP) is 3.53. The quantitative estimate of drug-likeness (QED) is 0.355. The lowest BCUT2D eigenvalue weighted by atomic mass is 10.1. The van der Waals surface area contributed by atoms with Crippen molar-refractivity contribution < 1.29 is 19.4 Å². The number of hydrogen-bond donors (Lipinski definition) is 2. The zero-order chi connectivity index (χ0) is 24.6. The molecule has 0 radical (unpaired) electrons. The first-order valence-electron chi connectivity index (χ1n) is 11.8. The standard InChI is InChI=1S/C23H30BrN7O4/c1-34-18-13-16(12-17(24)20(18)35-15-19(32)33)14-25-29-21-26-22(30-8-4-2-5-9-30)28-23(27-21)31-10-6-3-7-11-31/h12-14H,2-11,15H2,1H3,(H,32,33)(H,26,27,28,29)/b25-14-. The maximum atomic E-state index is 10.8. The highest BCUT2D eigenvalue weighted by Crippen LogP contribution is 2.36. The number of ether oxygens (including phenoxy) is 2. The van der Waals surface area contributed by atoms with E-state index < -0.39 is 12.6 Å². The number of rotatable bonds is 9. The molecule has 12 heteroatoms. The van der Waals surface area contributed by atoms with Gasteiger partial charge in [0.2, 0.25) is 17.8 Å². The fraction of sp³-hybridized carbons (Fsp3) is 0.522. The number of carboxylic acids is 1. The number of anilines is 3. The van der Waals surface area contributed by atoms with Gasteiger partial charge in [-0.25, -0.2) is 10.2 Å². The van der Waals surface area contributed by atoms with Crippen molar-refractivity contribution in [1.29, 1.82) is 0 Å². The highest BCUT2D eigenvalue weighted by molar-refractivity contribution is 9.10. The third-order valence-electron chi connectivity index (χ3n) is 5.86. The Kier molecular flexibility index (Phi) is 8.56. The van der Waals surface area contributed by atoms with E-state index >= 15 is 0 Å². The highest BCUT2D eigenvalue weighted by atomic mass is 79.9. The molecule has 1 aromatic carbocycles. The van der Waals surface area contributed by atoms with Crippen molar-refractivity contribution in [3.8, 4) is 11.5 Å². The van der Waals surface area contributed by atoms with E-state index in [9.17, 15) is 4.79 Å². The molecule has 2 aliphatic rings. The Labute approximate surface area is 212 Å². The van der Waals surface area contributed by atoms with Gasteiger partial charge in [0.05, 0.1) is 17.8 Å². The Hall–Kier alpha value is -3.15. The van der Waals surface area contributed by atoms with Crippen LogP contribution in [0.3, 0.4) is 0 Å². The van der Waals surface area contributed by atoms with Gasteiger partial charge in [-0.05, 0) is 72.2 Å². The topological polar surface area (TPSA) is 125 Å². The summed E-state index contributed by atoms with van der Waals surface area (Å²) in [5.74, 6) is 1.39. The fourth-order valence-electron chi connectivity index (χ4n) is 4.13. The molecule has 1 aromatic heterocycles. The molecule has 2 fully saturated rings. The minimum atomic E-state index is -1.07. The third kappa shape index (κ3) is 6.71. The SMILES string of the molecule is COc1cc(/C=N\Nc2nc(N3CCCCC3)nc(N3CCCCC3)n2)cc(Br)c1OCC(=O)O. The predicted molar refractivity (Wildman–Crippen MR) is 137 cm³/mol. The molecular weight excluding hydrogens is 518 g/mol. The van der Waals surface area contributed by atoms with Crippen LogP contribution in [0.5, 0.6) is 11.5 Å². The van der Waals surface area contributed by atoms with Gasteiger partial charge in [-0.15, -0.1) is 0 Å². The van der Waals surface area contributed by atoms with Gasteiger partial charge in [-0.2, -0.15) is 20.1 Å². The second kappa shape index (κ2) is 12.0. The van der Waals surface area contributed by atoms with E-state index in [1.54, 1.807) is 18.3 Å². The van der Waals surface area contributed by atoms with E-state index in [0.717, 1.165) is 51.9 Å². The number of nitrogens with zero attached hydrogens (tertiary/aromatic N) is 6. The van der Waals surface area contributed by atoms with Crippen molar-refractivity contribution >= 4 is 46.0 Å². The number of hydrazone groups is 1. The van der Waals surface area contributed by atoms with E-state index in [0.29, 0.717) is 39.4 Å². The molecule has 11 nitrogen and oxygen atoms in total. The number of hydrogen-bond acceptors (Lipinski definition) is 10. The minimum absolute atomic E-state index is 0.315. The van der Waals surface area contributed by atoms with Crippen LogP contribution in [0.15, 0.2) is 21.7 Å². The monoisotopic (exact) mass is 547 g/mol. The normalized spacial score (nSPS) is 16.4. The van der Waals surface area contributed by atoms with Gasteiger partial charge in [-0.3, -0.25) is 0 Å². The number of carboxylic acid groups (broad SMARTS) is 1. The van der Waals surface area contributed by atoms with Crippen molar-refractivity contribution in [3.05, 3.63) is 22.2 Å². The smallest absolute Gasteiger partial charge is 0.341 e. The van der Waals surface area contributed by atoms with Crippen molar-refractivity contribution in [2.45, 2.75) is 38.5 Å². The van der Waals surface area contributed by atoms with E-state index in [2.05, 4.69) is 46.2 Å². The van der Waals surface area contributed by atoms with Gasteiger partial charge in [0.1, 0.15) is 0 Å². The molecule has 3 heterocycles. The van der Waals surface area contributed by atoms with E-state index in [4.69, 9.17) is 19.6 Å². The van der Waals surface area contributed by atoms with Crippen molar-refractivity contribution in [2.24, 2.45) is 5.10 Å². The molecule has 2 aliphatic heterocycles. The van der Waals surface area contributed by atoms with Crippen LogP contribution < -0.4 is 24.7 Å². The number of halogens is 1. The maximum Gasteiger partial charge on any atom is 0.341 e. The Morgan fingerprint density at radius 1 is 1.06 bits per heavy atom. The summed E-state index contributed by atoms with van der Waals surface area (Å²) in [6, 6.07) is 3.47. The summed E-state index contributed by atoms with van der Waals surface area (Å²) in [6.45, 7) is 3.29. The summed E-state index contributed by atoms with van der Waals surface area (Å²) in [6.07, 6.45) is 8.61. The molecule has 0 bridgehead atoms. The molecule has 0 aliphatic carbocycles. The molecule has 0 atom stereocenters. The number of aliphatic carboxylic acids is 1. The highest BCUT2D eigenvalue weighted by Gasteiger charge is 2.20. The number of piperidine rings is 2. The van der Waals surface area contributed by atoms with E-state index in [-0.39, 0.29) is 0 Å². The van der Waals surface area contributed by atoms with Crippen LogP contribution in [-0.2, 0) is 4.79 Å². The van der Waals surface area contributed by atoms with Crippen LogP contribution >= 0.6 is 15.9 Å². The van der Waals surface area contributed by atoms with Crippen molar-refractivity contribution in [2.75, 3.05) is 55.1 Å². The molecular formula is C23H30BrN7O4. The van der Waals surface area contributed by atoms with Crippen LogP contribution in [-0.4, -0.2) is 72.1 Å². The Morgan fingerprint density at radius 3 is 2.20 bits per heavy atom. The Balaban J connectivity index is 1.53. The number of methoxy groups -OCH3 is 1. The first-order valence-corrected chi connectivity index (χ1v) is 12.6. The van der Waals surface area contributed by atoms with Crippen LogP contribution in [0.25, 0.3) is 0 Å². The summed E-state index contributed by atoms with van der Waals surface area (Å²) < 4.78 is 11.2. The summed E-state index contributed by atoms with van der Waals surface area (Å²) in [5.41, 5.74) is 3.67. The van der Waals surface area contributed by atoms with Gasteiger partial charge in [0, 0.05) is 26.2 Å². The lowest BCUT2D eigenvalue weighted by Crippen LogP contribution is -2.34. The first kappa shape index (κ1) is 25.0. The summed E-state index contributed by atoms with van der Waals surface area (Å²) in [7, 11) is 1.49. The van der Waals surface area contributed by atoms with Gasteiger partial charge >= 0.3 is 5.97 Å². The lowest BCUT2D eigenvalue weighted by molar-refractivity contribution is -0.139. The van der Waals surface area contributed by atoms with Gasteiger partial charge in [0.15, 0.2) is 18.1 Å². The number of benzene rings is 1. The summed E-state index contributed by atoms with van der Waals surface area (Å²) >= 11 is 3.41.